The summed E-state index contributed by atoms with van der Waals surface area (Å²) in [6.45, 7) is 2.74. The van der Waals surface area contributed by atoms with Crippen molar-refractivity contribution in [3.8, 4) is 0 Å². The molecule has 1 aliphatic heterocycles. The van der Waals surface area contributed by atoms with Crippen LogP contribution in [0, 0.1) is 0 Å². The summed E-state index contributed by atoms with van der Waals surface area (Å²) in [7, 11) is 0. The van der Waals surface area contributed by atoms with Crippen LogP contribution in [0.2, 0.25) is 0 Å². The van der Waals surface area contributed by atoms with Crippen LogP contribution >= 0.6 is 0 Å². The van der Waals surface area contributed by atoms with E-state index in [1.807, 2.05) is 55.5 Å². The number of carbonyl (C=O) groups excluding carboxylic acids is 1. The average Bonchev–Trinajstić information content (AvgIpc) is 2.84. The van der Waals surface area contributed by atoms with Crippen molar-refractivity contribution >= 4 is 11.6 Å². The van der Waals surface area contributed by atoms with Crippen molar-refractivity contribution in [3.63, 3.8) is 0 Å². The zero-order valence-corrected chi connectivity index (χ0v) is 11.4. The Balaban J connectivity index is 1.87. The van der Waals surface area contributed by atoms with Crippen molar-refractivity contribution in [3.05, 3.63) is 65.2 Å². The molecule has 0 saturated carbocycles. The monoisotopic (exact) mass is 267 g/mol. The van der Waals surface area contributed by atoms with Gasteiger partial charge in [0.2, 0.25) is 0 Å². The molecule has 1 aliphatic rings. The molecule has 0 saturated heterocycles. The molecule has 0 aliphatic carbocycles. The average molecular weight is 267 g/mol. The Morgan fingerprint density at radius 3 is 2.50 bits per heavy atom. The first kappa shape index (κ1) is 12.9. The molecule has 0 bridgehead atoms. The Hall–Kier alpha value is -2.13. The fourth-order valence-corrected chi connectivity index (χ4v) is 2.55. The van der Waals surface area contributed by atoms with Crippen LogP contribution in [0.15, 0.2) is 48.5 Å². The Morgan fingerprint density at radius 2 is 1.85 bits per heavy atom. The molecule has 1 atom stereocenters. The second-order valence-corrected chi connectivity index (χ2v) is 5.22. The highest BCUT2D eigenvalue weighted by Gasteiger charge is 2.27. The second-order valence-electron chi connectivity index (χ2n) is 5.22. The minimum atomic E-state index is 0.0588. The number of anilines is 1. The highest BCUT2D eigenvalue weighted by molar-refractivity contribution is 6.09. The zero-order chi connectivity index (χ0) is 14.1. The lowest BCUT2D eigenvalue weighted by Crippen LogP contribution is -2.22. The largest absolute Gasteiger partial charge is 0.396 e. The van der Waals surface area contributed by atoms with Crippen molar-refractivity contribution in [1.29, 1.82) is 0 Å². The van der Waals surface area contributed by atoms with Gasteiger partial charge in [-0.2, -0.15) is 0 Å². The molecule has 1 N–H and O–H groups in total. The molecule has 0 fully saturated rings. The van der Waals surface area contributed by atoms with Gasteiger partial charge >= 0.3 is 0 Å². The van der Waals surface area contributed by atoms with E-state index in [0.29, 0.717) is 6.54 Å². The SMILES string of the molecule is C[C@@H](CO)c1ccc(N2Cc3ccccc3C2=O)cc1. The minimum absolute atomic E-state index is 0.0588. The summed E-state index contributed by atoms with van der Waals surface area (Å²) >= 11 is 0. The number of nitrogens with zero attached hydrogens (tertiary/aromatic N) is 1. The van der Waals surface area contributed by atoms with E-state index in [-0.39, 0.29) is 18.4 Å². The van der Waals surface area contributed by atoms with Gasteiger partial charge in [-0.25, -0.2) is 0 Å². The lowest BCUT2D eigenvalue weighted by Gasteiger charge is -2.17. The number of benzene rings is 2. The Labute approximate surface area is 118 Å². The molecule has 0 radical (unpaired) electrons. The van der Waals surface area contributed by atoms with Crippen LogP contribution in [0.1, 0.15) is 34.3 Å². The molecule has 1 amide bonds. The maximum Gasteiger partial charge on any atom is 0.258 e. The summed E-state index contributed by atoms with van der Waals surface area (Å²) in [5.41, 5.74) is 3.85. The van der Waals surface area contributed by atoms with Crippen LogP contribution in [0.3, 0.4) is 0 Å². The molecule has 1 heterocycles. The number of hydrogen-bond acceptors (Lipinski definition) is 2. The third-order valence-electron chi connectivity index (χ3n) is 3.87. The van der Waals surface area contributed by atoms with Crippen molar-refractivity contribution in [1.82, 2.24) is 0 Å². The van der Waals surface area contributed by atoms with Gasteiger partial charge in [0.1, 0.15) is 0 Å². The van der Waals surface area contributed by atoms with Gasteiger partial charge < -0.3 is 10.0 Å². The van der Waals surface area contributed by atoms with Crippen LogP contribution in [-0.4, -0.2) is 17.6 Å². The van der Waals surface area contributed by atoms with E-state index >= 15 is 0 Å². The molecule has 0 spiro atoms. The molecule has 0 unspecified atom stereocenters. The molecule has 3 nitrogen and oxygen atoms in total. The maximum atomic E-state index is 12.4. The fourth-order valence-electron chi connectivity index (χ4n) is 2.55. The highest BCUT2D eigenvalue weighted by atomic mass is 16.3. The van der Waals surface area contributed by atoms with E-state index in [4.69, 9.17) is 5.11 Å². The molecule has 3 heteroatoms. The molecule has 2 aromatic carbocycles. The first-order chi connectivity index (χ1) is 9.70. The third-order valence-corrected chi connectivity index (χ3v) is 3.87. The Morgan fingerprint density at radius 1 is 1.15 bits per heavy atom. The van der Waals surface area contributed by atoms with Crippen LogP contribution in [0.4, 0.5) is 5.69 Å². The summed E-state index contributed by atoms with van der Waals surface area (Å²) in [5.74, 6) is 0.180. The number of aliphatic hydroxyl groups is 1. The summed E-state index contributed by atoms with van der Waals surface area (Å²) in [6.07, 6.45) is 0. The van der Waals surface area contributed by atoms with E-state index in [1.165, 1.54) is 0 Å². The van der Waals surface area contributed by atoms with Gasteiger partial charge in [0.25, 0.3) is 5.91 Å². The summed E-state index contributed by atoms with van der Waals surface area (Å²) in [4.78, 5) is 14.1. The van der Waals surface area contributed by atoms with E-state index in [1.54, 1.807) is 4.90 Å². The highest BCUT2D eigenvalue weighted by Crippen LogP contribution is 2.29. The molecule has 3 rings (SSSR count). The summed E-state index contributed by atoms with van der Waals surface area (Å²) in [5, 5.41) is 9.16. The topological polar surface area (TPSA) is 40.5 Å². The number of aliphatic hydroxyl groups excluding tert-OH is 1. The van der Waals surface area contributed by atoms with Gasteiger partial charge in [-0.05, 0) is 29.3 Å². The zero-order valence-electron chi connectivity index (χ0n) is 11.4. The molecular formula is C17H17NO2. The first-order valence-electron chi connectivity index (χ1n) is 6.81. The lowest BCUT2D eigenvalue weighted by atomic mass is 10.0. The smallest absolute Gasteiger partial charge is 0.258 e. The quantitative estimate of drug-likeness (QED) is 0.928. The second kappa shape index (κ2) is 5.10. The van der Waals surface area contributed by atoms with Crippen molar-refractivity contribution in [2.24, 2.45) is 0 Å². The number of fused-ring (bicyclic) bond motifs is 1. The lowest BCUT2D eigenvalue weighted by molar-refractivity contribution is 0.0996. The molecular weight excluding hydrogens is 250 g/mol. The van der Waals surface area contributed by atoms with E-state index in [0.717, 1.165) is 22.4 Å². The van der Waals surface area contributed by atoms with Crippen molar-refractivity contribution in [2.45, 2.75) is 19.4 Å². The molecule has 102 valence electrons. The number of rotatable bonds is 3. The first-order valence-corrected chi connectivity index (χ1v) is 6.81. The maximum absolute atomic E-state index is 12.4. The van der Waals surface area contributed by atoms with Crippen LogP contribution in [0.25, 0.3) is 0 Å². The van der Waals surface area contributed by atoms with Crippen LogP contribution in [0.5, 0.6) is 0 Å². The van der Waals surface area contributed by atoms with Gasteiger partial charge in [0.05, 0.1) is 6.54 Å². The van der Waals surface area contributed by atoms with Gasteiger partial charge in [-0.15, -0.1) is 0 Å². The van der Waals surface area contributed by atoms with Crippen molar-refractivity contribution in [2.75, 3.05) is 11.5 Å². The van der Waals surface area contributed by atoms with Crippen molar-refractivity contribution < 1.29 is 9.90 Å². The van der Waals surface area contributed by atoms with Gasteiger partial charge in [-0.3, -0.25) is 4.79 Å². The van der Waals surface area contributed by atoms with Crippen LogP contribution in [-0.2, 0) is 6.54 Å². The predicted molar refractivity (Wildman–Crippen MR) is 78.9 cm³/mol. The Kier molecular flexibility index (Phi) is 3.28. The standard InChI is InChI=1S/C17H17NO2/c1-12(11-19)13-6-8-15(9-7-13)18-10-14-4-2-3-5-16(14)17(18)20/h2-9,12,19H,10-11H2,1H3/t12-/m0/s1. The minimum Gasteiger partial charge on any atom is -0.396 e. The van der Waals surface area contributed by atoms with E-state index in [9.17, 15) is 4.79 Å². The molecule has 0 aromatic heterocycles. The van der Waals surface area contributed by atoms with Crippen LogP contribution < -0.4 is 4.90 Å². The van der Waals surface area contributed by atoms with Gasteiger partial charge in [0.15, 0.2) is 0 Å². The third kappa shape index (κ3) is 2.10. The molecule has 20 heavy (non-hydrogen) atoms. The normalized spacial score (nSPS) is 15.3. The van der Waals surface area contributed by atoms with E-state index < -0.39 is 0 Å². The predicted octanol–water partition coefficient (Wildman–Crippen LogP) is 2.94. The number of hydrogen-bond donors (Lipinski definition) is 1. The fraction of sp³-hybridized carbons (Fsp3) is 0.235. The van der Waals surface area contributed by atoms with Gasteiger partial charge in [0, 0.05) is 23.8 Å². The number of amides is 1. The Bertz CT molecular complexity index is 634. The molecule has 2 aromatic rings. The van der Waals surface area contributed by atoms with E-state index in [2.05, 4.69) is 0 Å². The van der Waals surface area contributed by atoms with Gasteiger partial charge in [-0.1, -0.05) is 37.3 Å². The number of carbonyl (C=O) groups is 1. The summed E-state index contributed by atoms with van der Waals surface area (Å²) < 4.78 is 0. The summed E-state index contributed by atoms with van der Waals surface area (Å²) in [6, 6.07) is 15.6.